The SMILES string of the molecule is C.Cc1ccc(S)cc1-n1ncnc1C. The number of rotatable bonds is 1. The molecule has 0 saturated heterocycles. The minimum absolute atomic E-state index is 0. The van der Waals surface area contributed by atoms with Crippen LogP contribution in [0.25, 0.3) is 5.69 Å². The molecule has 15 heavy (non-hydrogen) atoms. The molecule has 1 heterocycles. The molecular weight excluding hydrogens is 206 g/mol. The van der Waals surface area contributed by atoms with E-state index in [1.54, 1.807) is 6.33 Å². The lowest BCUT2D eigenvalue weighted by Gasteiger charge is -2.07. The van der Waals surface area contributed by atoms with Crippen LogP contribution in [0.1, 0.15) is 18.8 Å². The average molecular weight is 221 g/mol. The van der Waals surface area contributed by atoms with E-state index in [-0.39, 0.29) is 7.43 Å². The molecule has 0 fully saturated rings. The summed E-state index contributed by atoms with van der Waals surface area (Å²) in [7, 11) is 0. The van der Waals surface area contributed by atoms with E-state index >= 15 is 0 Å². The second kappa shape index (κ2) is 4.49. The molecular formula is C11H15N3S. The predicted molar refractivity (Wildman–Crippen MR) is 64.8 cm³/mol. The smallest absolute Gasteiger partial charge is 0.138 e. The van der Waals surface area contributed by atoms with Gasteiger partial charge in [0.2, 0.25) is 0 Å². The van der Waals surface area contributed by atoms with Crippen molar-refractivity contribution in [3.8, 4) is 5.69 Å². The van der Waals surface area contributed by atoms with Gasteiger partial charge >= 0.3 is 0 Å². The lowest BCUT2D eigenvalue weighted by Crippen LogP contribution is -2.01. The molecule has 1 aromatic carbocycles. The quantitative estimate of drug-likeness (QED) is 0.751. The van der Waals surface area contributed by atoms with Crippen LogP contribution < -0.4 is 0 Å². The number of aryl methyl sites for hydroxylation is 2. The second-order valence-electron chi connectivity index (χ2n) is 3.19. The molecule has 0 radical (unpaired) electrons. The van der Waals surface area contributed by atoms with Gasteiger partial charge in [-0.25, -0.2) is 9.67 Å². The van der Waals surface area contributed by atoms with Crippen LogP contribution in [-0.4, -0.2) is 14.8 Å². The Balaban J connectivity index is 0.00000112. The van der Waals surface area contributed by atoms with E-state index in [0.717, 1.165) is 22.0 Å². The molecule has 2 rings (SSSR count). The molecule has 0 bridgehead atoms. The molecule has 0 aliphatic heterocycles. The molecule has 80 valence electrons. The molecule has 0 spiro atoms. The Kier molecular flexibility index (Phi) is 3.52. The molecule has 0 atom stereocenters. The highest BCUT2D eigenvalue weighted by atomic mass is 32.1. The van der Waals surface area contributed by atoms with E-state index in [4.69, 9.17) is 0 Å². The highest BCUT2D eigenvalue weighted by molar-refractivity contribution is 7.80. The van der Waals surface area contributed by atoms with Crippen LogP contribution in [0.4, 0.5) is 0 Å². The number of hydrogen-bond acceptors (Lipinski definition) is 3. The maximum Gasteiger partial charge on any atom is 0.138 e. The summed E-state index contributed by atoms with van der Waals surface area (Å²) in [6, 6.07) is 5.98. The molecule has 3 nitrogen and oxygen atoms in total. The van der Waals surface area contributed by atoms with Gasteiger partial charge in [-0.15, -0.1) is 12.6 Å². The second-order valence-corrected chi connectivity index (χ2v) is 3.71. The van der Waals surface area contributed by atoms with Crippen molar-refractivity contribution in [2.24, 2.45) is 0 Å². The molecule has 4 heteroatoms. The summed E-state index contributed by atoms with van der Waals surface area (Å²) in [5.41, 5.74) is 2.20. The molecule has 0 amide bonds. The van der Waals surface area contributed by atoms with Crippen LogP contribution in [0.2, 0.25) is 0 Å². The predicted octanol–water partition coefficient (Wildman–Crippen LogP) is 2.81. The average Bonchev–Trinajstić information content (AvgIpc) is 2.56. The van der Waals surface area contributed by atoms with Crippen molar-refractivity contribution in [1.82, 2.24) is 14.8 Å². The Morgan fingerprint density at radius 3 is 2.60 bits per heavy atom. The van der Waals surface area contributed by atoms with Crippen LogP contribution >= 0.6 is 12.6 Å². The van der Waals surface area contributed by atoms with Gasteiger partial charge in [-0.1, -0.05) is 13.5 Å². The van der Waals surface area contributed by atoms with Gasteiger partial charge in [-0.3, -0.25) is 0 Å². The lowest BCUT2D eigenvalue weighted by molar-refractivity contribution is 0.831. The topological polar surface area (TPSA) is 30.7 Å². The maximum absolute atomic E-state index is 4.31. The van der Waals surface area contributed by atoms with Gasteiger partial charge in [0.05, 0.1) is 5.69 Å². The highest BCUT2D eigenvalue weighted by Crippen LogP contribution is 2.18. The zero-order chi connectivity index (χ0) is 10.1. The van der Waals surface area contributed by atoms with Gasteiger partial charge < -0.3 is 0 Å². The Morgan fingerprint density at radius 2 is 2.00 bits per heavy atom. The van der Waals surface area contributed by atoms with Crippen molar-refractivity contribution in [3.05, 3.63) is 35.9 Å². The van der Waals surface area contributed by atoms with Crippen molar-refractivity contribution >= 4 is 12.6 Å². The van der Waals surface area contributed by atoms with Gasteiger partial charge in [-0.05, 0) is 31.5 Å². The van der Waals surface area contributed by atoms with E-state index in [2.05, 4.69) is 22.7 Å². The third-order valence-corrected chi connectivity index (χ3v) is 2.42. The first-order valence-electron chi connectivity index (χ1n) is 4.35. The van der Waals surface area contributed by atoms with Crippen LogP contribution in [-0.2, 0) is 0 Å². The monoisotopic (exact) mass is 221 g/mol. The molecule has 0 saturated carbocycles. The summed E-state index contributed by atoms with van der Waals surface area (Å²) in [5.74, 6) is 0.882. The zero-order valence-corrected chi connectivity index (χ0v) is 8.99. The summed E-state index contributed by atoms with van der Waals surface area (Å²) in [5, 5.41) is 4.16. The number of hydrogen-bond donors (Lipinski definition) is 1. The van der Waals surface area contributed by atoms with Crippen LogP contribution in [0.5, 0.6) is 0 Å². The van der Waals surface area contributed by atoms with E-state index in [0.29, 0.717) is 0 Å². The number of benzene rings is 1. The third kappa shape index (κ3) is 2.21. The zero-order valence-electron chi connectivity index (χ0n) is 8.10. The van der Waals surface area contributed by atoms with E-state index < -0.39 is 0 Å². The summed E-state index contributed by atoms with van der Waals surface area (Å²) in [4.78, 5) is 5.02. The van der Waals surface area contributed by atoms with Crippen molar-refractivity contribution in [2.75, 3.05) is 0 Å². The number of aromatic nitrogens is 3. The van der Waals surface area contributed by atoms with Gasteiger partial charge in [0.1, 0.15) is 12.2 Å². The van der Waals surface area contributed by atoms with Crippen LogP contribution in [0.15, 0.2) is 29.4 Å². The summed E-state index contributed by atoms with van der Waals surface area (Å²) < 4.78 is 1.81. The Morgan fingerprint density at radius 1 is 1.27 bits per heavy atom. The fourth-order valence-corrected chi connectivity index (χ4v) is 1.56. The number of thiol groups is 1. The van der Waals surface area contributed by atoms with E-state index in [1.807, 2.05) is 36.7 Å². The van der Waals surface area contributed by atoms with Gasteiger partial charge in [0, 0.05) is 4.90 Å². The van der Waals surface area contributed by atoms with Crippen molar-refractivity contribution in [3.63, 3.8) is 0 Å². The van der Waals surface area contributed by atoms with E-state index in [9.17, 15) is 0 Å². The first kappa shape index (κ1) is 11.8. The number of nitrogens with zero attached hydrogens (tertiary/aromatic N) is 3. The van der Waals surface area contributed by atoms with Gasteiger partial charge in [-0.2, -0.15) is 5.10 Å². The molecule has 1 aromatic heterocycles. The first-order chi connectivity index (χ1) is 6.68. The minimum Gasteiger partial charge on any atom is -0.220 e. The fourth-order valence-electron chi connectivity index (χ4n) is 1.36. The highest BCUT2D eigenvalue weighted by Gasteiger charge is 2.05. The fraction of sp³-hybridized carbons (Fsp3) is 0.273. The molecule has 0 unspecified atom stereocenters. The molecule has 0 N–H and O–H groups in total. The normalized spacial score (nSPS) is 9.80. The largest absolute Gasteiger partial charge is 0.220 e. The maximum atomic E-state index is 4.31. The van der Waals surface area contributed by atoms with Crippen LogP contribution in [0, 0.1) is 13.8 Å². The summed E-state index contributed by atoms with van der Waals surface area (Å²) in [6.45, 7) is 3.97. The van der Waals surface area contributed by atoms with Gasteiger partial charge in [0.15, 0.2) is 0 Å². The van der Waals surface area contributed by atoms with Crippen molar-refractivity contribution in [2.45, 2.75) is 26.2 Å². The van der Waals surface area contributed by atoms with Crippen LogP contribution in [0.3, 0.4) is 0 Å². The standard InChI is InChI=1S/C10H11N3S.CH4/c1-7-3-4-9(14)5-10(7)13-8(2)11-6-12-13;/h3-6,14H,1-2H3;1H4. The molecule has 2 aromatic rings. The Bertz CT molecular complexity index is 463. The summed E-state index contributed by atoms with van der Waals surface area (Å²) in [6.07, 6.45) is 1.56. The van der Waals surface area contributed by atoms with Gasteiger partial charge in [0.25, 0.3) is 0 Å². The third-order valence-electron chi connectivity index (χ3n) is 2.14. The lowest BCUT2D eigenvalue weighted by atomic mass is 10.2. The molecule has 0 aliphatic rings. The first-order valence-corrected chi connectivity index (χ1v) is 4.80. The minimum atomic E-state index is 0. The van der Waals surface area contributed by atoms with E-state index in [1.165, 1.54) is 0 Å². The molecule has 0 aliphatic carbocycles. The van der Waals surface area contributed by atoms with Crippen molar-refractivity contribution in [1.29, 1.82) is 0 Å². The summed E-state index contributed by atoms with van der Waals surface area (Å²) >= 11 is 4.31. The Labute approximate surface area is 95.6 Å². The Hall–Kier alpha value is -1.29. The van der Waals surface area contributed by atoms with Crippen molar-refractivity contribution < 1.29 is 0 Å².